The SMILES string of the molecule is CC(C)c1ccc(OC(=O)c2ccc(C(=O)Oc3ccc(C(C)C)cc3)cc2)cc1. The zero-order chi connectivity index (χ0) is 21.7. The predicted octanol–water partition coefficient (Wildman–Crippen LogP) is 6.37. The fourth-order valence-electron chi connectivity index (χ4n) is 2.92. The molecule has 0 aliphatic heterocycles. The summed E-state index contributed by atoms with van der Waals surface area (Å²) in [5, 5.41) is 0. The molecular weight excluding hydrogens is 376 g/mol. The minimum Gasteiger partial charge on any atom is -0.423 e. The van der Waals surface area contributed by atoms with Crippen LogP contribution in [0.25, 0.3) is 0 Å². The largest absolute Gasteiger partial charge is 0.423 e. The molecule has 0 spiro atoms. The highest BCUT2D eigenvalue weighted by Crippen LogP contribution is 2.21. The molecule has 0 N–H and O–H groups in total. The molecule has 0 radical (unpaired) electrons. The average Bonchev–Trinajstić information content (AvgIpc) is 2.74. The first-order chi connectivity index (χ1) is 14.3. The summed E-state index contributed by atoms with van der Waals surface area (Å²) >= 11 is 0. The van der Waals surface area contributed by atoms with E-state index in [4.69, 9.17) is 9.47 Å². The Morgan fingerprint density at radius 1 is 0.533 bits per heavy atom. The van der Waals surface area contributed by atoms with E-state index < -0.39 is 11.9 Å². The number of carbonyl (C=O) groups excluding carboxylic acids is 2. The summed E-state index contributed by atoms with van der Waals surface area (Å²) in [4.78, 5) is 24.7. The van der Waals surface area contributed by atoms with Gasteiger partial charge in [0.2, 0.25) is 0 Å². The van der Waals surface area contributed by atoms with Gasteiger partial charge in [-0.25, -0.2) is 9.59 Å². The van der Waals surface area contributed by atoms with Gasteiger partial charge in [0.15, 0.2) is 0 Å². The lowest BCUT2D eigenvalue weighted by Crippen LogP contribution is -2.11. The molecule has 3 rings (SSSR count). The smallest absolute Gasteiger partial charge is 0.343 e. The van der Waals surface area contributed by atoms with Crippen molar-refractivity contribution in [1.29, 1.82) is 0 Å². The summed E-state index contributed by atoms with van der Waals surface area (Å²) in [5.41, 5.74) is 3.08. The van der Waals surface area contributed by atoms with E-state index in [1.807, 2.05) is 24.3 Å². The number of rotatable bonds is 6. The maximum absolute atomic E-state index is 12.4. The molecular formula is C26H26O4. The Balaban J connectivity index is 1.61. The van der Waals surface area contributed by atoms with Gasteiger partial charge in [0, 0.05) is 0 Å². The molecule has 4 nitrogen and oxygen atoms in total. The summed E-state index contributed by atoms with van der Waals surface area (Å²) in [5.74, 6) is 0.842. The lowest BCUT2D eigenvalue weighted by atomic mass is 10.0. The quantitative estimate of drug-likeness (QED) is 0.355. The number of hydrogen-bond acceptors (Lipinski definition) is 4. The number of ether oxygens (including phenoxy) is 2. The third-order valence-corrected chi connectivity index (χ3v) is 4.87. The van der Waals surface area contributed by atoms with E-state index in [0.717, 1.165) is 0 Å². The molecule has 0 amide bonds. The second-order valence-corrected chi connectivity index (χ2v) is 7.80. The molecule has 3 aromatic carbocycles. The van der Waals surface area contributed by atoms with Gasteiger partial charge >= 0.3 is 11.9 Å². The Morgan fingerprint density at radius 2 is 0.833 bits per heavy atom. The van der Waals surface area contributed by atoms with E-state index in [-0.39, 0.29) is 0 Å². The van der Waals surface area contributed by atoms with Crippen molar-refractivity contribution in [2.75, 3.05) is 0 Å². The summed E-state index contributed by atoms with van der Waals surface area (Å²) in [6.45, 7) is 8.42. The van der Waals surface area contributed by atoms with E-state index in [0.29, 0.717) is 34.5 Å². The molecule has 0 atom stereocenters. The van der Waals surface area contributed by atoms with E-state index in [1.165, 1.54) is 11.1 Å². The Bertz CT molecular complexity index is 914. The van der Waals surface area contributed by atoms with Crippen LogP contribution in [0.2, 0.25) is 0 Å². The van der Waals surface area contributed by atoms with Gasteiger partial charge in [-0.3, -0.25) is 0 Å². The van der Waals surface area contributed by atoms with Crippen LogP contribution in [0.5, 0.6) is 11.5 Å². The van der Waals surface area contributed by atoms with E-state index >= 15 is 0 Å². The third-order valence-electron chi connectivity index (χ3n) is 4.87. The van der Waals surface area contributed by atoms with Crippen LogP contribution in [0, 0.1) is 0 Å². The molecule has 3 aromatic rings. The Kier molecular flexibility index (Phi) is 6.68. The van der Waals surface area contributed by atoms with Crippen molar-refractivity contribution < 1.29 is 19.1 Å². The van der Waals surface area contributed by atoms with Crippen LogP contribution < -0.4 is 9.47 Å². The van der Waals surface area contributed by atoms with Crippen molar-refractivity contribution in [3.8, 4) is 11.5 Å². The number of hydrogen-bond donors (Lipinski definition) is 0. The van der Waals surface area contributed by atoms with E-state index in [1.54, 1.807) is 48.5 Å². The van der Waals surface area contributed by atoms with Gasteiger partial charge < -0.3 is 9.47 Å². The van der Waals surface area contributed by atoms with Crippen LogP contribution >= 0.6 is 0 Å². The molecule has 0 heterocycles. The van der Waals surface area contributed by atoms with Crippen LogP contribution in [0.4, 0.5) is 0 Å². The van der Waals surface area contributed by atoms with Crippen molar-refractivity contribution in [3.63, 3.8) is 0 Å². The summed E-state index contributed by atoms with van der Waals surface area (Å²) < 4.78 is 10.8. The maximum atomic E-state index is 12.4. The maximum Gasteiger partial charge on any atom is 0.343 e. The highest BCUT2D eigenvalue weighted by Gasteiger charge is 2.13. The third kappa shape index (κ3) is 5.35. The van der Waals surface area contributed by atoms with Crippen LogP contribution in [-0.2, 0) is 0 Å². The van der Waals surface area contributed by atoms with E-state index in [2.05, 4.69) is 27.7 Å². The molecule has 0 saturated carbocycles. The lowest BCUT2D eigenvalue weighted by Gasteiger charge is -2.09. The molecule has 0 bridgehead atoms. The topological polar surface area (TPSA) is 52.6 Å². The molecule has 0 aliphatic carbocycles. The predicted molar refractivity (Wildman–Crippen MR) is 117 cm³/mol. The zero-order valence-electron chi connectivity index (χ0n) is 17.7. The first kappa shape index (κ1) is 21.3. The molecule has 0 saturated heterocycles. The van der Waals surface area contributed by atoms with Crippen molar-refractivity contribution >= 4 is 11.9 Å². The average molecular weight is 402 g/mol. The van der Waals surface area contributed by atoms with Crippen LogP contribution in [0.15, 0.2) is 72.8 Å². The number of esters is 2. The minimum absolute atomic E-state index is 0.362. The van der Waals surface area contributed by atoms with Crippen LogP contribution in [0.3, 0.4) is 0 Å². The van der Waals surface area contributed by atoms with Crippen molar-refractivity contribution in [1.82, 2.24) is 0 Å². The highest BCUT2D eigenvalue weighted by atomic mass is 16.5. The molecule has 4 heteroatoms. The van der Waals surface area contributed by atoms with Crippen LogP contribution in [0.1, 0.15) is 71.4 Å². The van der Waals surface area contributed by atoms with Gasteiger partial charge in [0.25, 0.3) is 0 Å². The Morgan fingerprint density at radius 3 is 1.10 bits per heavy atom. The summed E-state index contributed by atoms with van der Waals surface area (Å²) in [7, 11) is 0. The van der Waals surface area contributed by atoms with Gasteiger partial charge in [-0.1, -0.05) is 52.0 Å². The standard InChI is InChI=1S/C26H26O4/c1-17(2)19-9-13-23(14-10-19)29-25(27)21-5-7-22(8-6-21)26(28)30-24-15-11-20(12-16-24)18(3)4/h5-18H,1-4H3. The normalized spacial score (nSPS) is 10.9. The van der Waals surface area contributed by atoms with Crippen molar-refractivity contribution in [3.05, 3.63) is 95.1 Å². The molecule has 0 aromatic heterocycles. The molecule has 0 aliphatic rings. The van der Waals surface area contributed by atoms with Crippen LogP contribution in [-0.4, -0.2) is 11.9 Å². The Labute approximate surface area is 177 Å². The first-order valence-electron chi connectivity index (χ1n) is 10.1. The van der Waals surface area contributed by atoms with Gasteiger partial charge in [0.05, 0.1) is 11.1 Å². The molecule has 0 fully saturated rings. The second kappa shape index (κ2) is 9.40. The molecule has 0 unspecified atom stereocenters. The number of benzene rings is 3. The monoisotopic (exact) mass is 402 g/mol. The summed E-state index contributed by atoms with van der Waals surface area (Å²) in [6.07, 6.45) is 0. The summed E-state index contributed by atoms with van der Waals surface area (Å²) in [6, 6.07) is 21.1. The minimum atomic E-state index is -0.475. The second-order valence-electron chi connectivity index (χ2n) is 7.80. The highest BCUT2D eigenvalue weighted by molar-refractivity contribution is 5.94. The zero-order valence-corrected chi connectivity index (χ0v) is 17.7. The van der Waals surface area contributed by atoms with E-state index in [9.17, 15) is 9.59 Å². The Hall–Kier alpha value is -3.40. The van der Waals surface area contributed by atoms with Gasteiger partial charge in [-0.05, 0) is 71.5 Å². The van der Waals surface area contributed by atoms with Gasteiger partial charge in [0.1, 0.15) is 11.5 Å². The van der Waals surface area contributed by atoms with Crippen molar-refractivity contribution in [2.24, 2.45) is 0 Å². The molecule has 154 valence electrons. The van der Waals surface area contributed by atoms with Gasteiger partial charge in [-0.15, -0.1) is 0 Å². The molecule has 30 heavy (non-hydrogen) atoms. The fraction of sp³-hybridized carbons (Fsp3) is 0.231. The number of carbonyl (C=O) groups is 2. The first-order valence-corrected chi connectivity index (χ1v) is 10.1. The fourth-order valence-corrected chi connectivity index (χ4v) is 2.92. The van der Waals surface area contributed by atoms with Crippen molar-refractivity contribution in [2.45, 2.75) is 39.5 Å². The van der Waals surface area contributed by atoms with Gasteiger partial charge in [-0.2, -0.15) is 0 Å². The lowest BCUT2D eigenvalue weighted by molar-refractivity contribution is 0.0720.